The monoisotopic (exact) mass is 239 g/mol. The molecule has 0 aliphatic carbocycles. The van der Waals surface area contributed by atoms with E-state index >= 15 is 0 Å². The number of nitrogens with zero attached hydrogens (tertiary/aromatic N) is 2. The second-order valence-corrected chi connectivity index (χ2v) is 4.43. The summed E-state index contributed by atoms with van der Waals surface area (Å²) >= 11 is 0. The molecule has 0 spiro atoms. The highest BCUT2D eigenvalue weighted by molar-refractivity contribution is 5.49. The van der Waals surface area contributed by atoms with Gasteiger partial charge in [0, 0.05) is 19.8 Å². The fraction of sp³-hybridized carbons (Fsp3) is 0.200. The van der Waals surface area contributed by atoms with Crippen LogP contribution in [-0.4, -0.2) is 14.1 Å². The molecular formula is C15H17N3. The average molecular weight is 239 g/mol. The van der Waals surface area contributed by atoms with Crippen molar-refractivity contribution in [3.8, 4) is 0 Å². The Morgan fingerprint density at radius 2 is 1.61 bits per heavy atom. The Balaban J connectivity index is 2.39. The molecule has 0 heterocycles. The number of rotatable bonds is 4. The minimum absolute atomic E-state index is 0.217. The second-order valence-electron chi connectivity index (χ2n) is 4.43. The van der Waals surface area contributed by atoms with Crippen LogP contribution in [0.4, 0.5) is 5.69 Å². The van der Waals surface area contributed by atoms with Crippen molar-refractivity contribution >= 4 is 5.69 Å². The summed E-state index contributed by atoms with van der Waals surface area (Å²) < 4.78 is 0. The van der Waals surface area contributed by atoms with Gasteiger partial charge < -0.3 is 4.90 Å². The maximum atomic E-state index is 7.42. The van der Waals surface area contributed by atoms with E-state index in [1.165, 1.54) is 0 Å². The van der Waals surface area contributed by atoms with E-state index in [0.29, 0.717) is 0 Å². The van der Waals surface area contributed by atoms with Crippen molar-refractivity contribution in [2.75, 3.05) is 19.0 Å². The molecule has 0 aliphatic rings. The fourth-order valence-electron chi connectivity index (χ4n) is 1.95. The summed E-state index contributed by atoms with van der Waals surface area (Å²) in [5.41, 5.74) is 10.6. The zero-order valence-corrected chi connectivity index (χ0v) is 10.7. The third kappa shape index (κ3) is 2.56. The molecule has 2 aromatic rings. The average Bonchev–Trinajstić information content (AvgIpc) is 2.41. The lowest BCUT2D eigenvalue weighted by Gasteiger charge is -2.16. The molecule has 3 nitrogen and oxygen atoms in total. The van der Waals surface area contributed by atoms with Gasteiger partial charge in [-0.2, -0.15) is 5.11 Å². The molecule has 2 aromatic carbocycles. The van der Waals surface area contributed by atoms with Gasteiger partial charge in [0.05, 0.1) is 0 Å². The quantitative estimate of drug-likeness (QED) is 0.808. The molecule has 0 fully saturated rings. The van der Waals surface area contributed by atoms with Crippen molar-refractivity contribution in [1.82, 2.24) is 0 Å². The van der Waals surface area contributed by atoms with Crippen LogP contribution in [0.25, 0.3) is 0 Å². The van der Waals surface area contributed by atoms with Gasteiger partial charge in [-0.1, -0.05) is 42.5 Å². The summed E-state index contributed by atoms with van der Waals surface area (Å²) in [6, 6.07) is 17.9. The highest BCUT2D eigenvalue weighted by atomic mass is 15.1. The summed E-state index contributed by atoms with van der Waals surface area (Å²) in [6.07, 6.45) is 0. The van der Waals surface area contributed by atoms with Crippen molar-refractivity contribution < 1.29 is 0 Å². The zero-order valence-electron chi connectivity index (χ0n) is 10.7. The Hall–Kier alpha value is -2.16. The first kappa shape index (κ1) is 12.3. The van der Waals surface area contributed by atoms with Gasteiger partial charge in [0.15, 0.2) is 0 Å². The highest BCUT2D eigenvalue weighted by Crippen LogP contribution is 2.28. The predicted molar refractivity (Wildman–Crippen MR) is 74.2 cm³/mol. The normalized spacial score (nSPS) is 11.9. The first-order valence-electron chi connectivity index (χ1n) is 5.91. The molecule has 0 saturated carbocycles. The van der Waals surface area contributed by atoms with Gasteiger partial charge in [-0.3, -0.25) is 0 Å². The lowest BCUT2D eigenvalue weighted by Crippen LogP contribution is -2.09. The molecule has 0 aliphatic heterocycles. The van der Waals surface area contributed by atoms with Crippen LogP contribution in [0.5, 0.6) is 0 Å². The van der Waals surface area contributed by atoms with E-state index < -0.39 is 0 Å². The van der Waals surface area contributed by atoms with Crippen LogP contribution < -0.4 is 4.90 Å². The molecule has 0 saturated heterocycles. The molecular weight excluding hydrogens is 222 g/mol. The van der Waals surface area contributed by atoms with E-state index in [0.717, 1.165) is 16.8 Å². The van der Waals surface area contributed by atoms with Crippen LogP contribution >= 0.6 is 0 Å². The van der Waals surface area contributed by atoms with Crippen LogP contribution in [-0.2, 0) is 0 Å². The minimum Gasteiger partial charge on any atom is -0.378 e. The van der Waals surface area contributed by atoms with Crippen molar-refractivity contribution in [2.45, 2.75) is 6.04 Å². The molecule has 1 N–H and O–H groups in total. The van der Waals surface area contributed by atoms with E-state index in [1.807, 2.05) is 56.6 Å². The molecule has 0 radical (unpaired) electrons. The van der Waals surface area contributed by atoms with E-state index in [1.54, 1.807) is 0 Å². The molecule has 3 heteroatoms. The maximum Gasteiger partial charge on any atom is 0.121 e. The zero-order chi connectivity index (χ0) is 13.0. The summed E-state index contributed by atoms with van der Waals surface area (Å²) in [6.45, 7) is 0. The Morgan fingerprint density at radius 1 is 0.944 bits per heavy atom. The van der Waals surface area contributed by atoms with Gasteiger partial charge in [0.2, 0.25) is 0 Å². The minimum atomic E-state index is -0.217. The smallest absolute Gasteiger partial charge is 0.121 e. The van der Waals surface area contributed by atoms with E-state index in [2.05, 4.69) is 22.1 Å². The van der Waals surface area contributed by atoms with Crippen molar-refractivity contribution in [3.63, 3.8) is 0 Å². The third-order valence-corrected chi connectivity index (χ3v) is 2.95. The van der Waals surface area contributed by atoms with Gasteiger partial charge in [0.1, 0.15) is 6.04 Å². The molecule has 0 aromatic heterocycles. The fourth-order valence-corrected chi connectivity index (χ4v) is 1.95. The number of hydrogen-bond acceptors (Lipinski definition) is 3. The van der Waals surface area contributed by atoms with Crippen molar-refractivity contribution in [2.24, 2.45) is 5.11 Å². The lowest BCUT2D eigenvalue weighted by atomic mass is 9.99. The maximum absolute atomic E-state index is 7.42. The molecule has 92 valence electrons. The number of hydrogen-bond donors (Lipinski definition) is 1. The first-order valence-corrected chi connectivity index (χ1v) is 5.91. The van der Waals surface area contributed by atoms with E-state index in [9.17, 15) is 0 Å². The highest BCUT2D eigenvalue weighted by Gasteiger charge is 2.13. The molecule has 0 bridgehead atoms. The number of nitrogens with one attached hydrogen (secondary N) is 1. The second kappa shape index (κ2) is 5.45. The number of benzene rings is 2. The molecule has 2 rings (SSSR count). The van der Waals surface area contributed by atoms with Crippen LogP contribution in [0.15, 0.2) is 59.7 Å². The summed E-state index contributed by atoms with van der Waals surface area (Å²) in [7, 11) is 4.02. The molecule has 1 unspecified atom stereocenters. The Kier molecular flexibility index (Phi) is 3.72. The summed E-state index contributed by atoms with van der Waals surface area (Å²) in [4.78, 5) is 2.05. The molecule has 1 atom stereocenters. The van der Waals surface area contributed by atoms with Crippen LogP contribution in [0.2, 0.25) is 0 Å². The Morgan fingerprint density at radius 3 is 2.22 bits per heavy atom. The standard InChI is InChI=1S/C15H17N3/c1-18(2)14-10-6-9-13(11-14)15(17-16)12-7-4-3-5-8-12/h3-11,15-16H,1-2H3. The summed E-state index contributed by atoms with van der Waals surface area (Å²) in [5.74, 6) is 0. The van der Waals surface area contributed by atoms with Gasteiger partial charge in [-0.25, -0.2) is 5.53 Å². The van der Waals surface area contributed by atoms with E-state index in [-0.39, 0.29) is 6.04 Å². The van der Waals surface area contributed by atoms with Crippen LogP contribution in [0.1, 0.15) is 17.2 Å². The van der Waals surface area contributed by atoms with Gasteiger partial charge >= 0.3 is 0 Å². The van der Waals surface area contributed by atoms with Crippen molar-refractivity contribution in [3.05, 3.63) is 65.7 Å². The van der Waals surface area contributed by atoms with Gasteiger partial charge in [-0.15, -0.1) is 0 Å². The summed E-state index contributed by atoms with van der Waals surface area (Å²) in [5, 5.41) is 3.76. The van der Waals surface area contributed by atoms with Crippen LogP contribution in [0, 0.1) is 5.53 Å². The SMILES string of the molecule is CN(C)c1cccc(C(N=N)c2ccccc2)c1. The lowest BCUT2D eigenvalue weighted by molar-refractivity contribution is 0.775. The van der Waals surface area contributed by atoms with E-state index in [4.69, 9.17) is 5.53 Å². The van der Waals surface area contributed by atoms with Crippen LogP contribution in [0.3, 0.4) is 0 Å². The third-order valence-electron chi connectivity index (χ3n) is 2.95. The Bertz CT molecular complexity index is 520. The largest absolute Gasteiger partial charge is 0.378 e. The van der Waals surface area contributed by atoms with Gasteiger partial charge in [0.25, 0.3) is 0 Å². The first-order chi connectivity index (χ1) is 8.72. The topological polar surface area (TPSA) is 39.5 Å². The molecule has 0 amide bonds. The predicted octanol–water partition coefficient (Wildman–Crippen LogP) is 3.87. The molecule has 18 heavy (non-hydrogen) atoms. The number of anilines is 1. The van der Waals surface area contributed by atoms with Gasteiger partial charge in [-0.05, 0) is 23.3 Å². The van der Waals surface area contributed by atoms with Crippen molar-refractivity contribution in [1.29, 1.82) is 5.53 Å². The Labute approximate surface area is 108 Å².